The Kier molecular flexibility index (Phi) is 3.80. The number of halogens is 3. The van der Waals surface area contributed by atoms with Crippen LogP contribution in [-0.4, -0.2) is 5.78 Å². The Bertz CT molecular complexity index is 645. The highest BCUT2D eigenvalue weighted by atomic mass is 79.9. The number of benzene rings is 2. The topological polar surface area (TPSA) is 17.1 Å². The van der Waals surface area contributed by atoms with Crippen molar-refractivity contribution in [1.29, 1.82) is 0 Å². The summed E-state index contributed by atoms with van der Waals surface area (Å²) in [6.45, 7) is 3.66. The Balaban J connectivity index is 2.59. The largest absolute Gasteiger partial charge is 0.288 e. The van der Waals surface area contributed by atoms with Gasteiger partial charge in [0.05, 0.1) is 10.0 Å². The van der Waals surface area contributed by atoms with Crippen LogP contribution in [0, 0.1) is 25.5 Å². The predicted octanol–water partition coefficient (Wildman–Crippen LogP) is 4.58. The normalized spacial score (nSPS) is 10.6. The lowest BCUT2D eigenvalue weighted by Crippen LogP contribution is -2.08. The molecule has 19 heavy (non-hydrogen) atoms. The lowest BCUT2D eigenvalue weighted by Gasteiger charge is -2.07. The number of ketones is 1. The summed E-state index contributed by atoms with van der Waals surface area (Å²) in [4.78, 5) is 12.2. The summed E-state index contributed by atoms with van der Waals surface area (Å²) < 4.78 is 27.6. The molecule has 0 saturated carbocycles. The van der Waals surface area contributed by atoms with E-state index in [1.807, 2.05) is 19.9 Å². The van der Waals surface area contributed by atoms with E-state index in [0.717, 1.165) is 17.2 Å². The molecule has 0 radical (unpaired) electrons. The van der Waals surface area contributed by atoms with E-state index in [9.17, 15) is 13.6 Å². The zero-order chi connectivity index (χ0) is 14.2. The van der Waals surface area contributed by atoms with Gasteiger partial charge in [-0.15, -0.1) is 0 Å². The van der Waals surface area contributed by atoms with Crippen molar-refractivity contribution in [3.05, 3.63) is 68.7 Å². The van der Waals surface area contributed by atoms with Crippen LogP contribution in [0.5, 0.6) is 0 Å². The smallest absolute Gasteiger partial charge is 0.198 e. The van der Waals surface area contributed by atoms with Crippen LogP contribution in [0.25, 0.3) is 0 Å². The number of carbonyl (C=O) groups is 1. The standard InChI is InChI=1S/C15H11BrF2O/c1-8-5-9(2)7-10(6-8)15(19)13-12(17)4-3-11(16)14(13)18/h3-7H,1-2H3. The fraction of sp³-hybridized carbons (Fsp3) is 0.133. The Labute approximate surface area is 118 Å². The third kappa shape index (κ3) is 2.73. The summed E-state index contributed by atoms with van der Waals surface area (Å²) >= 11 is 2.96. The number of carbonyl (C=O) groups excluding carboxylic acids is 1. The lowest BCUT2D eigenvalue weighted by molar-refractivity contribution is 0.103. The molecule has 98 valence electrons. The average molecular weight is 325 g/mol. The molecule has 0 spiro atoms. The molecule has 0 N–H and O–H groups in total. The van der Waals surface area contributed by atoms with E-state index in [0.29, 0.717) is 0 Å². The second kappa shape index (κ2) is 5.21. The minimum atomic E-state index is -0.871. The van der Waals surface area contributed by atoms with E-state index in [1.165, 1.54) is 6.07 Å². The highest BCUT2D eigenvalue weighted by Crippen LogP contribution is 2.24. The molecule has 2 aromatic rings. The van der Waals surface area contributed by atoms with Crippen LogP contribution in [0.3, 0.4) is 0 Å². The quantitative estimate of drug-likeness (QED) is 0.584. The van der Waals surface area contributed by atoms with Crippen molar-refractivity contribution < 1.29 is 13.6 Å². The van der Waals surface area contributed by atoms with Crippen LogP contribution >= 0.6 is 15.9 Å². The number of hydrogen-bond acceptors (Lipinski definition) is 1. The first-order valence-electron chi connectivity index (χ1n) is 5.66. The SMILES string of the molecule is Cc1cc(C)cc(C(=O)c2c(F)ccc(Br)c2F)c1. The molecule has 0 aliphatic rings. The van der Waals surface area contributed by atoms with Crippen LogP contribution in [0.2, 0.25) is 0 Å². The summed E-state index contributed by atoms with van der Waals surface area (Å²) in [7, 11) is 0. The van der Waals surface area contributed by atoms with Gasteiger partial charge in [-0.3, -0.25) is 4.79 Å². The summed E-state index contributed by atoms with van der Waals surface area (Å²) in [5, 5.41) is 0. The summed E-state index contributed by atoms with van der Waals surface area (Å²) in [5.41, 5.74) is 1.51. The molecule has 0 unspecified atom stereocenters. The third-order valence-corrected chi connectivity index (χ3v) is 3.37. The molecule has 0 bridgehead atoms. The first-order chi connectivity index (χ1) is 8.90. The molecule has 0 saturated heterocycles. The summed E-state index contributed by atoms with van der Waals surface area (Å²) in [6.07, 6.45) is 0. The maximum atomic E-state index is 13.9. The fourth-order valence-corrected chi connectivity index (χ4v) is 2.32. The van der Waals surface area contributed by atoms with Crippen molar-refractivity contribution >= 4 is 21.7 Å². The van der Waals surface area contributed by atoms with Gasteiger partial charge in [-0.25, -0.2) is 8.78 Å². The summed E-state index contributed by atoms with van der Waals surface area (Å²) in [6, 6.07) is 7.45. The van der Waals surface area contributed by atoms with Crippen LogP contribution < -0.4 is 0 Å². The van der Waals surface area contributed by atoms with Gasteiger partial charge < -0.3 is 0 Å². The number of hydrogen-bond donors (Lipinski definition) is 0. The van der Waals surface area contributed by atoms with Gasteiger partial charge in [-0.1, -0.05) is 17.2 Å². The summed E-state index contributed by atoms with van der Waals surface area (Å²) in [5.74, 6) is -2.38. The molecular formula is C15H11BrF2O. The van der Waals surface area contributed by atoms with E-state index in [-0.39, 0.29) is 10.0 Å². The first kappa shape index (κ1) is 13.9. The van der Waals surface area contributed by atoms with Crippen molar-refractivity contribution in [2.45, 2.75) is 13.8 Å². The Morgan fingerprint density at radius 1 is 1.05 bits per heavy atom. The van der Waals surface area contributed by atoms with Crippen LogP contribution in [0.4, 0.5) is 8.78 Å². The van der Waals surface area contributed by atoms with Crippen LogP contribution in [0.1, 0.15) is 27.0 Å². The molecule has 0 aliphatic carbocycles. The van der Waals surface area contributed by atoms with Crippen LogP contribution in [-0.2, 0) is 0 Å². The molecule has 1 nitrogen and oxygen atoms in total. The fourth-order valence-electron chi connectivity index (χ4n) is 1.99. The maximum Gasteiger partial charge on any atom is 0.198 e. The van der Waals surface area contributed by atoms with E-state index >= 15 is 0 Å². The Morgan fingerprint density at radius 2 is 1.63 bits per heavy atom. The van der Waals surface area contributed by atoms with Crippen molar-refractivity contribution in [2.24, 2.45) is 0 Å². The third-order valence-electron chi connectivity index (χ3n) is 2.75. The van der Waals surface area contributed by atoms with Gasteiger partial charge in [-0.2, -0.15) is 0 Å². The number of aryl methyl sites for hydroxylation is 2. The van der Waals surface area contributed by atoms with E-state index in [1.54, 1.807) is 12.1 Å². The minimum Gasteiger partial charge on any atom is -0.288 e. The Morgan fingerprint density at radius 3 is 2.21 bits per heavy atom. The van der Waals surface area contributed by atoms with Crippen molar-refractivity contribution in [2.75, 3.05) is 0 Å². The monoisotopic (exact) mass is 324 g/mol. The van der Waals surface area contributed by atoms with Gasteiger partial charge in [0.2, 0.25) is 0 Å². The zero-order valence-corrected chi connectivity index (χ0v) is 12.0. The first-order valence-corrected chi connectivity index (χ1v) is 6.46. The van der Waals surface area contributed by atoms with Gasteiger partial charge >= 0.3 is 0 Å². The molecule has 2 aromatic carbocycles. The van der Waals surface area contributed by atoms with E-state index in [2.05, 4.69) is 15.9 Å². The van der Waals surface area contributed by atoms with Gasteiger partial charge in [0, 0.05) is 5.56 Å². The van der Waals surface area contributed by atoms with Crippen molar-refractivity contribution in [3.63, 3.8) is 0 Å². The highest BCUT2D eigenvalue weighted by molar-refractivity contribution is 9.10. The van der Waals surface area contributed by atoms with Gasteiger partial charge in [0.25, 0.3) is 0 Å². The molecule has 0 amide bonds. The second-order valence-corrected chi connectivity index (χ2v) is 5.28. The van der Waals surface area contributed by atoms with E-state index in [4.69, 9.17) is 0 Å². The molecular weight excluding hydrogens is 314 g/mol. The molecule has 0 aromatic heterocycles. The molecule has 2 rings (SSSR count). The molecule has 0 heterocycles. The van der Waals surface area contributed by atoms with Gasteiger partial charge in [0.1, 0.15) is 5.82 Å². The zero-order valence-electron chi connectivity index (χ0n) is 10.4. The molecule has 0 atom stereocenters. The van der Waals surface area contributed by atoms with Gasteiger partial charge in [-0.05, 0) is 54.0 Å². The Hall–Kier alpha value is -1.55. The number of rotatable bonds is 2. The highest BCUT2D eigenvalue weighted by Gasteiger charge is 2.21. The van der Waals surface area contributed by atoms with Gasteiger partial charge in [0.15, 0.2) is 11.6 Å². The molecule has 0 aliphatic heterocycles. The lowest BCUT2D eigenvalue weighted by atomic mass is 9.99. The van der Waals surface area contributed by atoms with Crippen LogP contribution in [0.15, 0.2) is 34.8 Å². The average Bonchev–Trinajstić information content (AvgIpc) is 2.33. The van der Waals surface area contributed by atoms with E-state index < -0.39 is 23.0 Å². The van der Waals surface area contributed by atoms with Crippen molar-refractivity contribution in [3.8, 4) is 0 Å². The minimum absolute atomic E-state index is 0.0709. The predicted molar refractivity (Wildman–Crippen MR) is 73.4 cm³/mol. The second-order valence-electron chi connectivity index (χ2n) is 4.42. The molecule has 4 heteroatoms. The maximum absolute atomic E-state index is 13.9. The molecule has 0 fully saturated rings. The van der Waals surface area contributed by atoms with Crippen molar-refractivity contribution in [1.82, 2.24) is 0 Å².